The van der Waals surface area contributed by atoms with Gasteiger partial charge in [-0.1, -0.05) is 13.3 Å². The zero-order valence-corrected chi connectivity index (χ0v) is 11.0. The molecule has 2 rings (SSSR count). The van der Waals surface area contributed by atoms with E-state index in [4.69, 9.17) is 0 Å². The summed E-state index contributed by atoms with van der Waals surface area (Å²) in [5.41, 5.74) is 0. The third-order valence-electron chi connectivity index (χ3n) is 4.79. The summed E-state index contributed by atoms with van der Waals surface area (Å²) in [5, 5.41) is 3.52. The van der Waals surface area contributed by atoms with Gasteiger partial charge in [0.05, 0.1) is 0 Å². The highest BCUT2D eigenvalue weighted by atomic mass is 15.2. The molecule has 94 valence electrons. The van der Waals surface area contributed by atoms with Crippen LogP contribution in [0.3, 0.4) is 0 Å². The number of rotatable bonds is 3. The molecule has 2 heteroatoms. The third-order valence-corrected chi connectivity index (χ3v) is 4.79. The molecule has 1 N–H and O–H groups in total. The Morgan fingerprint density at radius 2 is 1.94 bits per heavy atom. The quantitative estimate of drug-likeness (QED) is 0.793. The van der Waals surface area contributed by atoms with Gasteiger partial charge in [0.25, 0.3) is 0 Å². The Labute approximate surface area is 101 Å². The minimum absolute atomic E-state index is 0.843. The van der Waals surface area contributed by atoms with Crippen LogP contribution in [-0.2, 0) is 0 Å². The van der Waals surface area contributed by atoms with E-state index < -0.39 is 0 Å². The van der Waals surface area contributed by atoms with Gasteiger partial charge in [0, 0.05) is 12.1 Å². The number of nitrogens with one attached hydrogen (secondary N) is 1. The van der Waals surface area contributed by atoms with Crippen LogP contribution in [0.15, 0.2) is 0 Å². The monoisotopic (exact) mass is 224 g/mol. The van der Waals surface area contributed by atoms with Crippen LogP contribution >= 0.6 is 0 Å². The van der Waals surface area contributed by atoms with Crippen molar-refractivity contribution in [2.45, 2.75) is 64.0 Å². The van der Waals surface area contributed by atoms with Gasteiger partial charge in [-0.25, -0.2) is 0 Å². The molecular weight excluding hydrogens is 196 g/mol. The summed E-state index contributed by atoms with van der Waals surface area (Å²) in [6.07, 6.45) is 9.86. The van der Waals surface area contributed by atoms with Crippen molar-refractivity contribution in [3.05, 3.63) is 0 Å². The summed E-state index contributed by atoms with van der Waals surface area (Å²) >= 11 is 0. The molecule has 0 aromatic carbocycles. The Bertz CT molecular complexity index is 197. The standard InChI is InChI=1S/C14H28N2/c1-3-12-6-7-14(11-12)16(2)13-5-4-9-15-10-8-13/h12-15H,3-11H2,1-2H3. The SMILES string of the molecule is CCC1CCC(N(C)C2CCCNCC2)C1. The number of hydrogen-bond acceptors (Lipinski definition) is 2. The van der Waals surface area contributed by atoms with Crippen LogP contribution in [0.5, 0.6) is 0 Å². The summed E-state index contributed by atoms with van der Waals surface area (Å²) in [6.45, 7) is 4.80. The second-order valence-corrected chi connectivity index (χ2v) is 5.74. The first-order valence-corrected chi connectivity index (χ1v) is 7.24. The van der Waals surface area contributed by atoms with Crippen molar-refractivity contribution in [3.8, 4) is 0 Å². The van der Waals surface area contributed by atoms with Crippen LogP contribution in [-0.4, -0.2) is 37.1 Å². The normalized spacial score (nSPS) is 36.6. The van der Waals surface area contributed by atoms with Crippen molar-refractivity contribution < 1.29 is 0 Å². The van der Waals surface area contributed by atoms with Gasteiger partial charge < -0.3 is 10.2 Å². The molecule has 1 heterocycles. The second kappa shape index (κ2) is 6.02. The van der Waals surface area contributed by atoms with Crippen molar-refractivity contribution in [3.63, 3.8) is 0 Å². The van der Waals surface area contributed by atoms with Crippen LogP contribution in [0.2, 0.25) is 0 Å². The third kappa shape index (κ3) is 2.98. The highest BCUT2D eigenvalue weighted by Gasteiger charge is 2.30. The lowest BCUT2D eigenvalue weighted by atomic mass is 10.0. The molecule has 0 aromatic heterocycles. The molecule has 0 bridgehead atoms. The van der Waals surface area contributed by atoms with Gasteiger partial charge in [-0.2, -0.15) is 0 Å². The van der Waals surface area contributed by atoms with Crippen molar-refractivity contribution in [2.75, 3.05) is 20.1 Å². The van der Waals surface area contributed by atoms with E-state index in [1.54, 1.807) is 0 Å². The number of nitrogens with zero attached hydrogens (tertiary/aromatic N) is 1. The lowest BCUT2D eigenvalue weighted by Crippen LogP contribution is -2.39. The van der Waals surface area contributed by atoms with Gasteiger partial charge in [0.1, 0.15) is 0 Å². The number of hydrogen-bond donors (Lipinski definition) is 1. The molecule has 16 heavy (non-hydrogen) atoms. The van der Waals surface area contributed by atoms with Gasteiger partial charge in [0.15, 0.2) is 0 Å². The highest BCUT2D eigenvalue weighted by molar-refractivity contribution is 4.85. The first-order valence-electron chi connectivity index (χ1n) is 7.24. The maximum atomic E-state index is 3.52. The van der Waals surface area contributed by atoms with E-state index in [9.17, 15) is 0 Å². The van der Waals surface area contributed by atoms with Gasteiger partial charge in [-0.3, -0.25) is 0 Å². The summed E-state index contributed by atoms with van der Waals surface area (Å²) in [7, 11) is 2.37. The van der Waals surface area contributed by atoms with Crippen molar-refractivity contribution in [2.24, 2.45) is 5.92 Å². The molecule has 3 unspecified atom stereocenters. The van der Waals surface area contributed by atoms with Crippen molar-refractivity contribution in [1.29, 1.82) is 0 Å². The van der Waals surface area contributed by atoms with Crippen LogP contribution in [0, 0.1) is 5.92 Å². The van der Waals surface area contributed by atoms with Gasteiger partial charge in [-0.15, -0.1) is 0 Å². The molecule has 0 spiro atoms. The van der Waals surface area contributed by atoms with E-state index in [1.165, 1.54) is 58.0 Å². The minimum atomic E-state index is 0.843. The van der Waals surface area contributed by atoms with E-state index in [1.807, 2.05) is 0 Å². The topological polar surface area (TPSA) is 15.3 Å². The summed E-state index contributed by atoms with van der Waals surface area (Å²) in [6, 6.07) is 1.73. The predicted molar refractivity (Wildman–Crippen MR) is 69.7 cm³/mol. The van der Waals surface area contributed by atoms with E-state index in [0.717, 1.165) is 18.0 Å². The largest absolute Gasteiger partial charge is 0.317 e. The summed E-state index contributed by atoms with van der Waals surface area (Å²) < 4.78 is 0. The Morgan fingerprint density at radius 3 is 2.69 bits per heavy atom. The molecule has 1 aliphatic carbocycles. The van der Waals surface area contributed by atoms with E-state index in [0.29, 0.717) is 0 Å². The molecule has 2 fully saturated rings. The first-order chi connectivity index (χ1) is 7.81. The average molecular weight is 224 g/mol. The minimum Gasteiger partial charge on any atom is -0.317 e. The summed E-state index contributed by atoms with van der Waals surface area (Å²) in [4.78, 5) is 2.71. The maximum absolute atomic E-state index is 3.52. The molecule has 1 aliphatic heterocycles. The second-order valence-electron chi connectivity index (χ2n) is 5.74. The fourth-order valence-electron chi connectivity index (χ4n) is 3.50. The Hall–Kier alpha value is -0.0800. The highest BCUT2D eigenvalue weighted by Crippen LogP contribution is 2.32. The molecule has 0 aromatic rings. The van der Waals surface area contributed by atoms with Crippen LogP contribution in [0.25, 0.3) is 0 Å². The summed E-state index contributed by atoms with van der Waals surface area (Å²) in [5.74, 6) is 1.01. The van der Waals surface area contributed by atoms with Gasteiger partial charge in [-0.05, 0) is 64.6 Å². The van der Waals surface area contributed by atoms with Crippen LogP contribution in [0.1, 0.15) is 51.9 Å². The zero-order chi connectivity index (χ0) is 11.4. The van der Waals surface area contributed by atoms with E-state index >= 15 is 0 Å². The Kier molecular flexibility index (Phi) is 4.66. The van der Waals surface area contributed by atoms with E-state index in [2.05, 4.69) is 24.2 Å². The molecule has 0 amide bonds. The molecule has 1 saturated carbocycles. The smallest absolute Gasteiger partial charge is 0.0108 e. The van der Waals surface area contributed by atoms with Crippen LogP contribution < -0.4 is 5.32 Å². The van der Waals surface area contributed by atoms with Crippen molar-refractivity contribution in [1.82, 2.24) is 10.2 Å². The molecule has 2 aliphatic rings. The average Bonchev–Trinajstić information content (AvgIpc) is 2.62. The van der Waals surface area contributed by atoms with Crippen molar-refractivity contribution >= 4 is 0 Å². The lowest BCUT2D eigenvalue weighted by Gasteiger charge is -2.32. The predicted octanol–water partition coefficient (Wildman–Crippen LogP) is 2.64. The molecular formula is C14H28N2. The maximum Gasteiger partial charge on any atom is 0.0108 e. The zero-order valence-electron chi connectivity index (χ0n) is 11.0. The van der Waals surface area contributed by atoms with Gasteiger partial charge >= 0.3 is 0 Å². The lowest BCUT2D eigenvalue weighted by molar-refractivity contribution is 0.158. The molecule has 1 saturated heterocycles. The first kappa shape index (κ1) is 12.4. The van der Waals surface area contributed by atoms with Crippen LogP contribution in [0.4, 0.5) is 0 Å². The Balaban J connectivity index is 1.83. The molecule has 3 atom stereocenters. The fraction of sp³-hybridized carbons (Fsp3) is 1.00. The Morgan fingerprint density at radius 1 is 1.06 bits per heavy atom. The van der Waals surface area contributed by atoms with Gasteiger partial charge in [0.2, 0.25) is 0 Å². The fourth-order valence-corrected chi connectivity index (χ4v) is 3.50. The molecule has 0 radical (unpaired) electrons. The molecule has 2 nitrogen and oxygen atoms in total. The van der Waals surface area contributed by atoms with E-state index in [-0.39, 0.29) is 0 Å².